The summed E-state index contributed by atoms with van der Waals surface area (Å²) in [6.07, 6.45) is 5.08. The van der Waals surface area contributed by atoms with Crippen molar-refractivity contribution in [3.63, 3.8) is 0 Å². The fourth-order valence-corrected chi connectivity index (χ4v) is 2.40. The first-order valence-electron chi connectivity index (χ1n) is 7.75. The van der Waals surface area contributed by atoms with Gasteiger partial charge >= 0.3 is 0 Å². The van der Waals surface area contributed by atoms with E-state index in [1.165, 1.54) is 0 Å². The number of carbonyl (C=O) groups is 1. The highest BCUT2D eigenvalue weighted by Gasteiger charge is 2.33. The van der Waals surface area contributed by atoms with Crippen molar-refractivity contribution >= 4 is 11.7 Å². The summed E-state index contributed by atoms with van der Waals surface area (Å²) in [7, 11) is 0. The number of pyridine rings is 1. The second-order valence-corrected chi connectivity index (χ2v) is 5.45. The van der Waals surface area contributed by atoms with E-state index in [4.69, 9.17) is 4.74 Å². The van der Waals surface area contributed by atoms with Crippen molar-refractivity contribution in [2.75, 3.05) is 11.5 Å². The second-order valence-electron chi connectivity index (χ2n) is 5.45. The molecule has 2 aromatic rings. The smallest absolute Gasteiger partial charge is 0.228 e. The average Bonchev–Trinajstić information content (AvgIpc) is 3.39. The molecule has 1 aliphatic carbocycles. The first-order valence-corrected chi connectivity index (χ1v) is 7.75. The Kier molecular flexibility index (Phi) is 4.68. The van der Waals surface area contributed by atoms with Crippen molar-refractivity contribution in [2.24, 2.45) is 0 Å². The SMILES string of the molecule is O=C(CCCOc1ccccc1)N(c1ccccn1)C1CC1. The van der Waals surface area contributed by atoms with Crippen LogP contribution in [-0.2, 0) is 4.79 Å². The maximum atomic E-state index is 12.5. The van der Waals surface area contributed by atoms with Crippen molar-refractivity contribution in [1.82, 2.24) is 4.98 Å². The zero-order valence-corrected chi connectivity index (χ0v) is 12.5. The van der Waals surface area contributed by atoms with Gasteiger partial charge in [-0.3, -0.25) is 9.69 Å². The van der Waals surface area contributed by atoms with Gasteiger partial charge in [-0.2, -0.15) is 0 Å². The van der Waals surface area contributed by atoms with E-state index in [2.05, 4.69) is 4.98 Å². The Balaban J connectivity index is 1.50. The molecule has 4 heteroatoms. The minimum atomic E-state index is 0.137. The van der Waals surface area contributed by atoms with Crippen molar-refractivity contribution in [2.45, 2.75) is 31.7 Å². The molecule has 1 saturated carbocycles. The van der Waals surface area contributed by atoms with Gasteiger partial charge < -0.3 is 4.74 Å². The Morgan fingerprint density at radius 3 is 2.59 bits per heavy atom. The Morgan fingerprint density at radius 2 is 1.91 bits per heavy atom. The molecule has 1 aromatic carbocycles. The molecule has 0 atom stereocenters. The molecular formula is C18H20N2O2. The maximum Gasteiger partial charge on any atom is 0.228 e. The number of aromatic nitrogens is 1. The summed E-state index contributed by atoms with van der Waals surface area (Å²) in [6, 6.07) is 15.7. The van der Waals surface area contributed by atoms with Crippen LogP contribution in [0, 0.1) is 0 Å². The van der Waals surface area contributed by atoms with Crippen LogP contribution in [0.5, 0.6) is 5.75 Å². The first-order chi connectivity index (χ1) is 10.8. The van der Waals surface area contributed by atoms with E-state index in [0.29, 0.717) is 25.5 Å². The second kappa shape index (κ2) is 7.07. The van der Waals surface area contributed by atoms with Gasteiger partial charge in [0.15, 0.2) is 0 Å². The van der Waals surface area contributed by atoms with Gasteiger partial charge in [0.25, 0.3) is 0 Å². The van der Waals surface area contributed by atoms with E-state index in [0.717, 1.165) is 24.4 Å². The summed E-state index contributed by atoms with van der Waals surface area (Å²) in [6.45, 7) is 0.552. The Bertz CT molecular complexity index is 597. The first kappa shape index (κ1) is 14.6. The molecule has 22 heavy (non-hydrogen) atoms. The number of hydrogen-bond acceptors (Lipinski definition) is 3. The molecule has 1 aromatic heterocycles. The average molecular weight is 296 g/mol. The van der Waals surface area contributed by atoms with E-state index in [9.17, 15) is 4.79 Å². The lowest BCUT2D eigenvalue weighted by Crippen LogP contribution is -2.33. The van der Waals surface area contributed by atoms with Gasteiger partial charge in [0, 0.05) is 18.7 Å². The zero-order chi connectivity index (χ0) is 15.2. The van der Waals surface area contributed by atoms with Gasteiger partial charge in [0.1, 0.15) is 11.6 Å². The summed E-state index contributed by atoms with van der Waals surface area (Å²) in [5.41, 5.74) is 0. The van der Waals surface area contributed by atoms with Gasteiger partial charge in [-0.25, -0.2) is 4.98 Å². The Morgan fingerprint density at radius 1 is 1.14 bits per heavy atom. The third-order valence-electron chi connectivity index (χ3n) is 3.62. The molecule has 0 bridgehead atoms. The molecule has 0 spiro atoms. The van der Waals surface area contributed by atoms with Gasteiger partial charge in [-0.15, -0.1) is 0 Å². The number of anilines is 1. The summed E-state index contributed by atoms with van der Waals surface area (Å²) in [5.74, 6) is 1.75. The molecule has 0 unspecified atom stereocenters. The van der Waals surface area contributed by atoms with Crippen LogP contribution < -0.4 is 9.64 Å². The van der Waals surface area contributed by atoms with Crippen LogP contribution in [0.4, 0.5) is 5.82 Å². The lowest BCUT2D eigenvalue weighted by Gasteiger charge is -2.21. The molecule has 114 valence electrons. The molecule has 0 aliphatic heterocycles. The summed E-state index contributed by atoms with van der Waals surface area (Å²) >= 11 is 0. The van der Waals surface area contributed by atoms with Crippen LogP contribution in [0.2, 0.25) is 0 Å². The topological polar surface area (TPSA) is 42.4 Å². The standard InChI is InChI=1S/C18H20N2O2/c21-18(10-6-14-22-16-7-2-1-3-8-16)20(15-11-12-15)17-9-4-5-13-19-17/h1-5,7-9,13,15H,6,10-12,14H2. The number of nitrogens with zero attached hydrogens (tertiary/aromatic N) is 2. The predicted octanol–water partition coefficient (Wildman–Crippen LogP) is 3.44. The van der Waals surface area contributed by atoms with Crippen LogP contribution in [0.25, 0.3) is 0 Å². The number of amides is 1. The monoisotopic (exact) mass is 296 g/mol. The van der Waals surface area contributed by atoms with E-state index in [1.807, 2.05) is 53.4 Å². The van der Waals surface area contributed by atoms with Crippen LogP contribution in [-0.4, -0.2) is 23.5 Å². The highest BCUT2D eigenvalue weighted by molar-refractivity contribution is 5.93. The fourth-order valence-electron chi connectivity index (χ4n) is 2.40. The predicted molar refractivity (Wildman–Crippen MR) is 85.9 cm³/mol. The van der Waals surface area contributed by atoms with Crippen molar-refractivity contribution in [3.8, 4) is 5.75 Å². The van der Waals surface area contributed by atoms with Crippen molar-refractivity contribution < 1.29 is 9.53 Å². The molecule has 1 amide bonds. The molecule has 1 aliphatic rings. The normalized spacial score (nSPS) is 13.6. The highest BCUT2D eigenvalue weighted by Crippen LogP contribution is 2.31. The fraction of sp³-hybridized carbons (Fsp3) is 0.333. The molecular weight excluding hydrogens is 276 g/mol. The van der Waals surface area contributed by atoms with Crippen LogP contribution in [0.3, 0.4) is 0 Å². The van der Waals surface area contributed by atoms with E-state index < -0.39 is 0 Å². The Labute approximate surface area is 130 Å². The molecule has 0 radical (unpaired) electrons. The van der Waals surface area contributed by atoms with Gasteiger partial charge in [-0.1, -0.05) is 24.3 Å². The van der Waals surface area contributed by atoms with E-state index in [1.54, 1.807) is 6.20 Å². The molecule has 0 saturated heterocycles. The van der Waals surface area contributed by atoms with Crippen LogP contribution in [0.15, 0.2) is 54.7 Å². The molecule has 0 N–H and O–H groups in total. The third-order valence-corrected chi connectivity index (χ3v) is 3.62. The largest absolute Gasteiger partial charge is 0.494 e. The lowest BCUT2D eigenvalue weighted by molar-refractivity contribution is -0.119. The number of benzene rings is 1. The van der Waals surface area contributed by atoms with Gasteiger partial charge in [-0.05, 0) is 43.5 Å². The van der Waals surface area contributed by atoms with Crippen molar-refractivity contribution in [3.05, 3.63) is 54.7 Å². The van der Waals surface area contributed by atoms with Crippen LogP contribution >= 0.6 is 0 Å². The minimum absolute atomic E-state index is 0.137. The molecule has 1 heterocycles. The number of carbonyl (C=O) groups excluding carboxylic acids is 1. The zero-order valence-electron chi connectivity index (χ0n) is 12.5. The molecule has 1 fully saturated rings. The number of para-hydroxylation sites is 1. The van der Waals surface area contributed by atoms with Crippen LogP contribution in [0.1, 0.15) is 25.7 Å². The molecule has 4 nitrogen and oxygen atoms in total. The quantitative estimate of drug-likeness (QED) is 0.735. The lowest BCUT2D eigenvalue weighted by atomic mass is 10.2. The summed E-state index contributed by atoms with van der Waals surface area (Å²) < 4.78 is 5.63. The van der Waals surface area contributed by atoms with E-state index in [-0.39, 0.29) is 5.91 Å². The van der Waals surface area contributed by atoms with E-state index >= 15 is 0 Å². The van der Waals surface area contributed by atoms with Crippen molar-refractivity contribution in [1.29, 1.82) is 0 Å². The Hall–Kier alpha value is -2.36. The number of rotatable bonds is 7. The van der Waals surface area contributed by atoms with Gasteiger partial charge in [0.05, 0.1) is 6.61 Å². The maximum absolute atomic E-state index is 12.5. The summed E-state index contributed by atoms with van der Waals surface area (Å²) in [4.78, 5) is 18.6. The summed E-state index contributed by atoms with van der Waals surface area (Å²) in [5, 5.41) is 0. The van der Waals surface area contributed by atoms with Gasteiger partial charge in [0.2, 0.25) is 5.91 Å². The minimum Gasteiger partial charge on any atom is -0.494 e. The highest BCUT2D eigenvalue weighted by atomic mass is 16.5. The third kappa shape index (κ3) is 3.85. The molecule has 3 rings (SSSR count). The number of ether oxygens (including phenoxy) is 1. The number of hydrogen-bond donors (Lipinski definition) is 0.